The molecule has 1 amide bonds. The van der Waals surface area contributed by atoms with Crippen LogP contribution >= 0.6 is 0 Å². The Balaban J connectivity index is 1.23. The van der Waals surface area contributed by atoms with Crippen molar-refractivity contribution in [2.24, 2.45) is 5.73 Å². The molecule has 12 nitrogen and oxygen atoms in total. The number of rotatable bonds is 7. The highest BCUT2D eigenvalue weighted by atomic mass is 16.6. The van der Waals surface area contributed by atoms with E-state index in [-0.39, 0.29) is 19.0 Å². The molecule has 1 aromatic carbocycles. The first-order valence-corrected chi connectivity index (χ1v) is 10.3. The summed E-state index contributed by atoms with van der Waals surface area (Å²) in [4.78, 5) is 31.4. The largest absolute Gasteiger partial charge is 0.462 e. The summed E-state index contributed by atoms with van der Waals surface area (Å²) in [6.45, 7) is 2.96. The van der Waals surface area contributed by atoms with Gasteiger partial charge in [-0.2, -0.15) is 0 Å². The number of aromatic nitrogens is 3. The van der Waals surface area contributed by atoms with E-state index >= 15 is 0 Å². The van der Waals surface area contributed by atoms with E-state index in [1.807, 2.05) is 23.1 Å². The number of carbonyl (C=O) groups excluding carboxylic acids is 2. The Bertz CT molecular complexity index is 932. The zero-order valence-corrected chi connectivity index (χ0v) is 17.4. The molecule has 4 rings (SSSR count). The summed E-state index contributed by atoms with van der Waals surface area (Å²) < 4.78 is 12.0. The molecule has 172 valence electrons. The third kappa shape index (κ3) is 4.88. The van der Waals surface area contributed by atoms with E-state index in [0.717, 1.165) is 36.5 Å². The van der Waals surface area contributed by atoms with Crippen LogP contribution < -0.4 is 10.6 Å². The van der Waals surface area contributed by atoms with Crippen LogP contribution in [0.5, 0.6) is 0 Å². The molecule has 2 fully saturated rings. The third-order valence-corrected chi connectivity index (χ3v) is 5.58. The lowest BCUT2D eigenvalue weighted by atomic mass is 10.1. The maximum Gasteiger partial charge on any atom is 0.320 e. The summed E-state index contributed by atoms with van der Waals surface area (Å²) in [5.74, 6) is -1.51. The van der Waals surface area contributed by atoms with Crippen LogP contribution in [0.1, 0.15) is 16.8 Å². The van der Waals surface area contributed by atoms with Gasteiger partial charge < -0.3 is 30.3 Å². The lowest BCUT2D eigenvalue weighted by Gasteiger charge is -2.35. The Morgan fingerprint density at radius 2 is 1.84 bits per heavy atom. The average Bonchev–Trinajstić information content (AvgIpc) is 3.39. The summed E-state index contributed by atoms with van der Waals surface area (Å²) in [5, 5.41) is 24.3. The van der Waals surface area contributed by atoms with Crippen LogP contribution in [0.25, 0.3) is 0 Å². The van der Waals surface area contributed by atoms with Crippen LogP contribution in [0.4, 0.5) is 5.69 Å². The summed E-state index contributed by atoms with van der Waals surface area (Å²) in [5.41, 5.74) is 6.27. The molecule has 0 spiro atoms. The number of primary amides is 1. The van der Waals surface area contributed by atoms with Gasteiger partial charge in [0.25, 0.3) is 5.91 Å². The van der Waals surface area contributed by atoms with Crippen molar-refractivity contribution < 1.29 is 29.3 Å². The van der Waals surface area contributed by atoms with E-state index < -0.39 is 36.4 Å². The molecule has 3 heterocycles. The zero-order valence-electron chi connectivity index (χ0n) is 17.4. The Morgan fingerprint density at radius 3 is 2.50 bits per heavy atom. The minimum absolute atomic E-state index is 0.127. The smallest absolute Gasteiger partial charge is 0.320 e. The van der Waals surface area contributed by atoms with E-state index in [9.17, 15) is 19.8 Å². The fourth-order valence-electron chi connectivity index (χ4n) is 3.80. The van der Waals surface area contributed by atoms with Crippen molar-refractivity contribution in [3.8, 4) is 0 Å². The van der Waals surface area contributed by atoms with E-state index in [1.165, 1.54) is 6.33 Å². The number of carbonyl (C=O) groups is 2. The van der Waals surface area contributed by atoms with Crippen molar-refractivity contribution in [2.45, 2.75) is 24.5 Å². The number of aliphatic hydroxyl groups is 2. The van der Waals surface area contributed by atoms with Crippen LogP contribution in [0.2, 0.25) is 0 Å². The Labute approximate surface area is 184 Å². The molecule has 0 bridgehead atoms. The van der Waals surface area contributed by atoms with Gasteiger partial charge in [-0.1, -0.05) is 18.2 Å². The number of anilines is 1. The van der Waals surface area contributed by atoms with Crippen LogP contribution in [-0.4, -0.2) is 99.4 Å². The van der Waals surface area contributed by atoms with Gasteiger partial charge in [-0.25, -0.2) is 9.67 Å². The first kappa shape index (κ1) is 22.1. The Morgan fingerprint density at radius 1 is 1.12 bits per heavy atom. The van der Waals surface area contributed by atoms with Gasteiger partial charge in [0.15, 0.2) is 6.23 Å². The molecule has 1 aromatic heterocycles. The van der Waals surface area contributed by atoms with Crippen molar-refractivity contribution in [3.63, 3.8) is 0 Å². The number of aliphatic hydroxyl groups excluding tert-OH is 2. The van der Waals surface area contributed by atoms with Gasteiger partial charge >= 0.3 is 5.97 Å². The zero-order chi connectivity index (χ0) is 22.7. The minimum Gasteiger partial charge on any atom is -0.462 e. The maximum absolute atomic E-state index is 12.3. The molecule has 4 N–H and O–H groups in total. The van der Waals surface area contributed by atoms with Crippen molar-refractivity contribution in [1.82, 2.24) is 19.7 Å². The lowest BCUT2D eigenvalue weighted by molar-refractivity contribution is -0.151. The molecule has 0 radical (unpaired) electrons. The second kappa shape index (κ2) is 9.61. The first-order valence-electron chi connectivity index (χ1n) is 10.3. The van der Waals surface area contributed by atoms with E-state index in [1.54, 1.807) is 0 Å². The summed E-state index contributed by atoms with van der Waals surface area (Å²) in [6, 6.07) is 10.1. The van der Waals surface area contributed by atoms with Gasteiger partial charge in [-0.05, 0) is 12.1 Å². The molecule has 2 aliphatic rings. The van der Waals surface area contributed by atoms with E-state index in [4.69, 9.17) is 15.2 Å². The first-order chi connectivity index (χ1) is 15.4. The standard InChI is InChI=1S/C20H26N6O6/c21-18(30)19-22-12-26(23-19)20-17(29)16(28)14(32-20)11-31-15(27)10-24-6-8-25(9-7-24)13-4-2-1-3-5-13/h1-5,12,14,16-17,20,28-29H,6-11H2,(H2,21,30)/t14-,16-,17-,20-/m1/s1. The third-order valence-electron chi connectivity index (χ3n) is 5.58. The second-order valence-corrected chi connectivity index (χ2v) is 7.74. The van der Waals surface area contributed by atoms with Gasteiger partial charge in [0.1, 0.15) is 31.2 Å². The highest BCUT2D eigenvalue weighted by molar-refractivity contribution is 5.88. The van der Waals surface area contributed by atoms with Crippen LogP contribution in [-0.2, 0) is 14.3 Å². The molecule has 32 heavy (non-hydrogen) atoms. The number of amides is 1. The van der Waals surface area contributed by atoms with Crippen molar-refractivity contribution in [3.05, 3.63) is 42.5 Å². The van der Waals surface area contributed by atoms with Crippen molar-refractivity contribution in [2.75, 3.05) is 44.2 Å². The molecule has 0 saturated carbocycles. The maximum atomic E-state index is 12.3. The second-order valence-electron chi connectivity index (χ2n) is 7.74. The summed E-state index contributed by atoms with van der Waals surface area (Å²) in [7, 11) is 0. The predicted molar refractivity (Wildman–Crippen MR) is 111 cm³/mol. The Hall–Kier alpha value is -3.06. The number of hydrogen-bond acceptors (Lipinski definition) is 10. The van der Waals surface area contributed by atoms with E-state index in [2.05, 4.69) is 27.1 Å². The van der Waals surface area contributed by atoms with Crippen LogP contribution in [0.3, 0.4) is 0 Å². The van der Waals surface area contributed by atoms with Crippen LogP contribution in [0.15, 0.2) is 36.7 Å². The van der Waals surface area contributed by atoms with E-state index in [0.29, 0.717) is 0 Å². The molecule has 2 aliphatic heterocycles. The van der Waals surface area contributed by atoms with Gasteiger partial charge in [-0.15, -0.1) is 5.10 Å². The predicted octanol–water partition coefficient (Wildman–Crippen LogP) is -1.64. The summed E-state index contributed by atoms with van der Waals surface area (Å²) in [6.07, 6.45) is -3.50. The molecule has 0 unspecified atom stereocenters. The number of nitrogens with zero attached hydrogens (tertiary/aromatic N) is 5. The molecule has 12 heteroatoms. The summed E-state index contributed by atoms with van der Waals surface area (Å²) >= 11 is 0. The highest BCUT2D eigenvalue weighted by Gasteiger charge is 2.45. The number of esters is 1. The topological polar surface area (TPSA) is 156 Å². The number of nitrogens with two attached hydrogens (primary N) is 1. The molecular formula is C20H26N6O6. The number of piperazine rings is 1. The number of hydrogen-bond donors (Lipinski definition) is 3. The van der Waals surface area contributed by atoms with Gasteiger partial charge in [0, 0.05) is 31.9 Å². The van der Waals surface area contributed by atoms with Gasteiger partial charge in [0.2, 0.25) is 5.82 Å². The molecule has 2 saturated heterocycles. The Kier molecular flexibility index (Phi) is 6.65. The normalized spacial score (nSPS) is 26.2. The van der Waals surface area contributed by atoms with Gasteiger partial charge in [0.05, 0.1) is 6.54 Å². The number of ether oxygens (including phenoxy) is 2. The number of para-hydroxylation sites is 1. The average molecular weight is 446 g/mol. The minimum atomic E-state index is -1.34. The SMILES string of the molecule is NC(=O)c1ncn([C@@H]2O[C@H](COC(=O)CN3CCN(c4ccccc4)CC3)[C@@H](O)[C@H]2O)n1. The fourth-order valence-corrected chi connectivity index (χ4v) is 3.80. The quantitative estimate of drug-likeness (QED) is 0.422. The van der Waals surface area contributed by atoms with Crippen molar-refractivity contribution >= 4 is 17.6 Å². The van der Waals surface area contributed by atoms with Crippen molar-refractivity contribution in [1.29, 1.82) is 0 Å². The molecule has 2 aromatic rings. The van der Waals surface area contributed by atoms with Crippen LogP contribution in [0, 0.1) is 0 Å². The number of benzene rings is 1. The molecule has 0 aliphatic carbocycles. The lowest BCUT2D eigenvalue weighted by Crippen LogP contribution is -2.48. The monoisotopic (exact) mass is 446 g/mol. The molecule has 4 atom stereocenters. The highest BCUT2D eigenvalue weighted by Crippen LogP contribution is 2.29. The fraction of sp³-hybridized carbons (Fsp3) is 0.500. The molecular weight excluding hydrogens is 420 g/mol. The van der Waals surface area contributed by atoms with Gasteiger partial charge in [-0.3, -0.25) is 14.5 Å².